The molecule has 9 heteroatoms. The Hall–Kier alpha value is -1.19. The van der Waals surface area contributed by atoms with Gasteiger partial charge in [0.25, 0.3) is 0 Å². The monoisotopic (exact) mass is 337 g/mol. The predicted octanol–water partition coefficient (Wildman–Crippen LogP) is 2.24. The number of rotatable bonds is 5. The maximum absolute atomic E-state index is 12.6. The van der Waals surface area contributed by atoms with Gasteiger partial charge in [0.15, 0.2) is 5.69 Å². The first-order chi connectivity index (χ1) is 10.3. The van der Waals surface area contributed by atoms with E-state index in [1.807, 2.05) is 0 Å². The SMILES string of the molecule is CCC(NC(=O)[C@@H]1CC[C@H](CN)O1)c1nc(C(F)(F)F)cs1. The first-order valence-electron chi connectivity index (χ1n) is 7.03. The van der Waals surface area contributed by atoms with Gasteiger partial charge < -0.3 is 15.8 Å². The summed E-state index contributed by atoms with van der Waals surface area (Å²) in [6.07, 6.45) is -3.47. The Morgan fingerprint density at radius 2 is 2.32 bits per heavy atom. The molecule has 1 amide bonds. The fourth-order valence-electron chi connectivity index (χ4n) is 2.25. The number of ether oxygens (including phenoxy) is 1. The van der Waals surface area contributed by atoms with Gasteiger partial charge in [0.1, 0.15) is 11.1 Å². The summed E-state index contributed by atoms with van der Waals surface area (Å²) >= 11 is 0.892. The highest BCUT2D eigenvalue weighted by Crippen LogP contribution is 2.32. The molecule has 0 aliphatic carbocycles. The van der Waals surface area contributed by atoms with Crippen molar-refractivity contribution in [3.8, 4) is 0 Å². The molecule has 22 heavy (non-hydrogen) atoms. The summed E-state index contributed by atoms with van der Waals surface area (Å²) in [5, 5.41) is 3.92. The van der Waals surface area contributed by atoms with E-state index in [0.29, 0.717) is 25.8 Å². The number of carbonyl (C=O) groups excluding carboxylic acids is 1. The highest BCUT2D eigenvalue weighted by atomic mass is 32.1. The summed E-state index contributed by atoms with van der Waals surface area (Å²) in [6, 6.07) is -0.547. The summed E-state index contributed by atoms with van der Waals surface area (Å²) in [4.78, 5) is 15.7. The number of nitrogens with two attached hydrogens (primary N) is 1. The zero-order valence-electron chi connectivity index (χ0n) is 12.0. The van der Waals surface area contributed by atoms with Crippen molar-refractivity contribution < 1.29 is 22.7 Å². The molecule has 0 bridgehead atoms. The smallest absolute Gasteiger partial charge is 0.364 e. The van der Waals surface area contributed by atoms with Gasteiger partial charge in [-0.05, 0) is 19.3 Å². The number of hydrogen-bond acceptors (Lipinski definition) is 5. The minimum Gasteiger partial charge on any atom is -0.364 e. The molecule has 1 aliphatic rings. The number of nitrogens with one attached hydrogen (secondary N) is 1. The maximum atomic E-state index is 12.6. The fraction of sp³-hybridized carbons (Fsp3) is 0.692. The zero-order valence-corrected chi connectivity index (χ0v) is 12.8. The summed E-state index contributed by atoms with van der Waals surface area (Å²) < 4.78 is 43.2. The number of aromatic nitrogens is 1. The molecule has 3 atom stereocenters. The van der Waals surface area contributed by atoms with Gasteiger partial charge >= 0.3 is 6.18 Å². The van der Waals surface area contributed by atoms with Gasteiger partial charge in [0, 0.05) is 11.9 Å². The molecular formula is C13H18F3N3O2S. The number of alkyl halides is 3. The van der Waals surface area contributed by atoms with E-state index >= 15 is 0 Å². The van der Waals surface area contributed by atoms with Crippen LogP contribution >= 0.6 is 11.3 Å². The van der Waals surface area contributed by atoms with Crippen LogP contribution in [0.4, 0.5) is 13.2 Å². The van der Waals surface area contributed by atoms with Crippen LogP contribution in [-0.2, 0) is 15.7 Å². The molecule has 0 saturated carbocycles. The van der Waals surface area contributed by atoms with Crippen molar-refractivity contribution in [2.45, 2.75) is 50.6 Å². The van der Waals surface area contributed by atoms with Crippen molar-refractivity contribution in [1.29, 1.82) is 0 Å². The molecule has 124 valence electrons. The van der Waals surface area contributed by atoms with E-state index < -0.39 is 24.0 Å². The van der Waals surface area contributed by atoms with E-state index in [1.54, 1.807) is 6.92 Å². The molecule has 2 rings (SSSR count). The van der Waals surface area contributed by atoms with Crippen LogP contribution in [0.1, 0.15) is 42.9 Å². The molecule has 2 heterocycles. The number of hydrogen-bond donors (Lipinski definition) is 2. The summed E-state index contributed by atoms with van der Waals surface area (Å²) in [7, 11) is 0. The number of halogens is 3. The average molecular weight is 337 g/mol. The molecule has 1 aliphatic heterocycles. The van der Waals surface area contributed by atoms with Crippen LogP contribution in [0.5, 0.6) is 0 Å². The molecule has 1 fully saturated rings. The van der Waals surface area contributed by atoms with Crippen molar-refractivity contribution in [3.63, 3.8) is 0 Å². The minimum atomic E-state index is -4.47. The standard InChI is InChI=1S/C13H18F3N3O2S/c1-2-8(12-19-10(6-22-12)13(14,15)16)18-11(20)9-4-3-7(5-17)21-9/h6-9H,2-5,17H2,1H3,(H,18,20)/t7-,8?,9+/m1/s1. The van der Waals surface area contributed by atoms with Crippen LogP contribution in [0.2, 0.25) is 0 Å². The lowest BCUT2D eigenvalue weighted by molar-refractivity contribution is -0.140. The molecule has 0 aromatic carbocycles. The maximum Gasteiger partial charge on any atom is 0.434 e. The minimum absolute atomic E-state index is 0.132. The van der Waals surface area contributed by atoms with Crippen molar-refractivity contribution >= 4 is 17.2 Å². The third-order valence-corrected chi connectivity index (χ3v) is 4.46. The zero-order chi connectivity index (χ0) is 16.3. The lowest BCUT2D eigenvalue weighted by Crippen LogP contribution is -2.37. The third-order valence-electron chi connectivity index (χ3n) is 3.50. The van der Waals surface area contributed by atoms with Crippen LogP contribution in [0, 0.1) is 0 Å². The van der Waals surface area contributed by atoms with Crippen molar-refractivity contribution in [3.05, 3.63) is 16.1 Å². The van der Waals surface area contributed by atoms with E-state index in [-0.39, 0.29) is 17.0 Å². The van der Waals surface area contributed by atoms with Gasteiger partial charge in [-0.1, -0.05) is 6.92 Å². The molecule has 3 N–H and O–H groups in total. The molecule has 1 aromatic rings. The average Bonchev–Trinajstić information content (AvgIpc) is 3.12. The van der Waals surface area contributed by atoms with E-state index in [1.165, 1.54) is 0 Å². The van der Waals surface area contributed by atoms with Gasteiger partial charge in [-0.15, -0.1) is 11.3 Å². The van der Waals surface area contributed by atoms with Crippen LogP contribution in [0.25, 0.3) is 0 Å². The van der Waals surface area contributed by atoms with Gasteiger partial charge in [-0.25, -0.2) is 4.98 Å². The second-order valence-electron chi connectivity index (χ2n) is 5.10. The normalized spacial score (nSPS) is 23.5. The lowest BCUT2D eigenvalue weighted by atomic mass is 10.1. The van der Waals surface area contributed by atoms with Crippen LogP contribution in [0.3, 0.4) is 0 Å². The number of thiazole rings is 1. The molecule has 5 nitrogen and oxygen atoms in total. The van der Waals surface area contributed by atoms with Crippen molar-refractivity contribution in [2.75, 3.05) is 6.54 Å². The third kappa shape index (κ3) is 3.96. The van der Waals surface area contributed by atoms with Gasteiger partial charge in [0.2, 0.25) is 5.91 Å². The van der Waals surface area contributed by atoms with Crippen LogP contribution < -0.4 is 11.1 Å². The van der Waals surface area contributed by atoms with Crippen LogP contribution in [-0.4, -0.2) is 29.6 Å². The molecule has 1 unspecified atom stereocenters. The van der Waals surface area contributed by atoms with Gasteiger partial charge in [0.05, 0.1) is 12.1 Å². The molecule has 1 saturated heterocycles. The van der Waals surface area contributed by atoms with E-state index in [0.717, 1.165) is 16.7 Å². The highest BCUT2D eigenvalue weighted by molar-refractivity contribution is 7.09. The first-order valence-corrected chi connectivity index (χ1v) is 7.91. The number of carbonyl (C=O) groups is 1. The largest absolute Gasteiger partial charge is 0.434 e. The first kappa shape index (κ1) is 17.2. The molecule has 0 radical (unpaired) electrons. The Labute approximate surface area is 130 Å². The molecule has 0 spiro atoms. The van der Waals surface area contributed by atoms with Crippen molar-refractivity contribution in [2.24, 2.45) is 5.73 Å². The Morgan fingerprint density at radius 1 is 1.59 bits per heavy atom. The summed E-state index contributed by atoms with van der Waals surface area (Å²) in [5.41, 5.74) is 4.56. The number of amides is 1. The van der Waals surface area contributed by atoms with Gasteiger partial charge in [-0.3, -0.25) is 4.79 Å². The number of nitrogens with zero attached hydrogens (tertiary/aromatic N) is 1. The summed E-state index contributed by atoms with van der Waals surface area (Å²) in [5.74, 6) is -0.327. The van der Waals surface area contributed by atoms with E-state index in [4.69, 9.17) is 10.5 Å². The second-order valence-corrected chi connectivity index (χ2v) is 5.99. The van der Waals surface area contributed by atoms with Gasteiger partial charge in [-0.2, -0.15) is 13.2 Å². The molecular weight excluding hydrogens is 319 g/mol. The second kappa shape index (κ2) is 6.93. The molecule has 1 aromatic heterocycles. The Balaban J connectivity index is 2.00. The summed E-state index contributed by atoms with van der Waals surface area (Å²) in [6.45, 7) is 2.13. The quantitative estimate of drug-likeness (QED) is 0.864. The Kier molecular flexibility index (Phi) is 5.41. The Morgan fingerprint density at radius 3 is 2.82 bits per heavy atom. The van der Waals surface area contributed by atoms with Crippen molar-refractivity contribution in [1.82, 2.24) is 10.3 Å². The van der Waals surface area contributed by atoms with E-state index in [9.17, 15) is 18.0 Å². The fourth-order valence-corrected chi connectivity index (χ4v) is 3.21. The van der Waals surface area contributed by atoms with Crippen LogP contribution in [0.15, 0.2) is 5.38 Å². The lowest BCUT2D eigenvalue weighted by Gasteiger charge is -2.18. The highest BCUT2D eigenvalue weighted by Gasteiger charge is 2.35. The Bertz CT molecular complexity index is 521. The topological polar surface area (TPSA) is 77.2 Å². The predicted molar refractivity (Wildman–Crippen MR) is 75.2 cm³/mol. The van der Waals surface area contributed by atoms with E-state index in [2.05, 4.69) is 10.3 Å².